The second-order valence-corrected chi connectivity index (χ2v) is 6.96. The number of nitrogen functional groups attached to an aromatic ring is 1. The number of carbonyl (C=O) groups is 1. The number of aliphatic imine (C=N–C) groups is 1. The maximum absolute atomic E-state index is 13.0. The van der Waals surface area contributed by atoms with E-state index in [2.05, 4.69) is 27.0 Å². The van der Waals surface area contributed by atoms with Gasteiger partial charge in [-0.25, -0.2) is 9.78 Å². The largest absolute Gasteiger partial charge is 0.399 e. The summed E-state index contributed by atoms with van der Waals surface area (Å²) >= 11 is 0. The summed E-state index contributed by atoms with van der Waals surface area (Å²) in [6.45, 7) is 9.58. The van der Waals surface area contributed by atoms with Gasteiger partial charge in [-0.3, -0.25) is 14.8 Å². The molecule has 8 nitrogen and oxygen atoms in total. The summed E-state index contributed by atoms with van der Waals surface area (Å²) in [5.41, 5.74) is 10.8. The summed E-state index contributed by atoms with van der Waals surface area (Å²) in [6.07, 6.45) is 5.45. The number of fused-ring (bicyclic) bond motifs is 1. The predicted octanol–water partition coefficient (Wildman–Crippen LogP) is 3.86. The number of hydrogen-bond donors (Lipinski definition) is 2. The molecule has 1 aromatic heterocycles. The molecule has 0 spiro atoms. The van der Waals surface area contributed by atoms with Crippen LogP contribution < -0.4 is 20.9 Å². The molecule has 2 aromatic rings. The fraction of sp³-hybridized carbons (Fsp3) is 0.238. The fourth-order valence-corrected chi connectivity index (χ4v) is 2.99. The minimum atomic E-state index is -0.168. The molecule has 0 atom stereocenters. The van der Waals surface area contributed by atoms with Crippen molar-refractivity contribution in [2.24, 2.45) is 4.99 Å². The molecule has 1 aliphatic rings. The number of allylic oxidation sites excluding steroid dienone is 4. The smallest absolute Gasteiger partial charge is 0.330 e. The number of hydrogen-bond acceptors (Lipinski definition) is 6. The number of amides is 2. The molecule has 3 N–H and O–H groups in total. The molecule has 3 rings (SSSR count). The zero-order valence-electron chi connectivity index (χ0n) is 17.1. The van der Waals surface area contributed by atoms with Crippen LogP contribution in [-0.2, 0) is 6.54 Å². The van der Waals surface area contributed by atoms with Crippen molar-refractivity contribution in [2.75, 3.05) is 27.9 Å². The Morgan fingerprint density at radius 2 is 2.10 bits per heavy atom. The number of rotatable bonds is 5. The highest BCUT2D eigenvalue weighted by Crippen LogP contribution is 2.32. The SMILES string of the molecule is C=N/C(C)=C\C=C(/C)Nc1ncc2c(n1)N(C)C(=O)N(c1cc(N)ccc1C)C2. The first-order chi connectivity index (χ1) is 13.8. The standard InChI is InChI=1S/C21H25N7O/c1-13-6-9-17(22)10-18(13)28-12-16-11-24-20(26-19(16)27(5)21(28)29)25-15(3)8-7-14(2)23-4/h6-11H,4,12,22H2,1-3,5H3,(H,24,25,26)/b14-7-,15-8+. The van der Waals surface area contributed by atoms with E-state index in [1.807, 2.05) is 51.1 Å². The average molecular weight is 391 g/mol. The van der Waals surface area contributed by atoms with Gasteiger partial charge in [-0.05, 0) is 57.3 Å². The molecule has 0 unspecified atom stereocenters. The van der Waals surface area contributed by atoms with E-state index in [9.17, 15) is 4.79 Å². The van der Waals surface area contributed by atoms with Crippen LogP contribution in [0.25, 0.3) is 0 Å². The van der Waals surface area contributed by atoms with E-state index >= 15 is 0 Å². The summed E-state index contributed by atoms with van der Waals surface area (Å²) in [5.74, 6) is 1.00. The van der Waals surface area contributed by atoms with Crippen LogP contribution in [0, 0.1) is 6.92 Å². The van der Waals surface area contributed by atoms with Crippen molar-refractivity contribution in [3.63, 3.8) is 0 Å². The van der Waals surface area contributed by atoms with E-state index in [0.717, 1.165) is 28.2 Å². The number of nitrogens with one attached hydrogen (secondary N) is 1. The second-order valence-electron chi connectivity index (χ2n) is 6.96. The van der Waals surface area contributed by atoms with Gasteiger partial charge in [-0.1, -0.05) is 6.07 Å². The van der Waals surface area contributed by atoms with Crippen molar-refractivity contribution in [1.82, 2.24) is 9.97 Å². The molecule has 150 valence electrons. The summed E-state index contributed by atoms with van der Waals surface area (Å²) in [7, 11) is 1.70. The number of aryl methyl sites for hydroxylation is 1. The lowest BCUT2D eigenvalue weighted by atomic mass is 10.1. The van der Waals surface area contributed by atoms with E-state index in [0.29, 0.717) is 24.0 Å². The van der Waals surface area contributed by atoms with Crippen molar-refractivity contribution in [3.8, 4) is 0 Å². The van der Waals surface area contributed by atoms with Crippen LogP contribution >= 0.6 is 0 Å². The zero-order valence-corrected chi connectivity index (χ0v) is 17.1. The van der Waals surface area contributed by atoms with E-state index in [1.165, 1.54) is 4.90 Å². The van der Waals surface area contributed by atoms with Crippen LogP contribution in [0.15, 0.2) is 52.9 Å². The molecule has 0 saturated carbocycles. The van der Waals surface area contributed by atoms with Crippen LogP contribution in [0.2, 0.25) is 0 Å². The molecule has 0 aliphatic carbocycles. The van der Waals surface area contributed by atoms with Gasteiger partial charge in [0.15, 0.2) is 0 Å². The van der Waals surface area contributed by atoms with E-state index < -0.39 is 0 Å². The summed E-state index contributed by atoms with van der Waals surface area (Å²) in [5, 5.41) is 3.13. The molecule has 29 heavy (non-hydrogen) atoms. The summed E-state index contributed by atoms with van der Waals surface area (Å²) in [6, 6.07) is 5.37. The number of urea groups is 1. The molecule has 2 heterocycles. The maximum Gasteiger partial charge on any atom is 0.330 e. The van der Waals surface area contributed by atoms with Crippen molar-refractivity contribution in [1.29, 1.82) is 0 Å². The average Bonchev–Trinajstić information content (AvgIpc) is 2.71. The molecule has 1 aliphatic heterocycles. The highest BCUT2D eigenvalue weighted by Gasteiger charge is 2.31. The normalized spacial score (nSPS) is 14.7. The molecule has 2 amide bonds. The van der Waals surface area contributed by atoms with Crippen molar-refractivity contribution in [2.45, 2.75) is 27.3 Å². The number of nitrogens with two attached hydrogens (primary N) is 1. The summed E-state index contributed by atoms with van der Waals surface area (Å²) in [4.78, 5) is 29.0. The molecule has 0 radical (unpaired) electrons. The molecule has 1 aromatic carbocycles. The highest BCUT2D eigenvalue weighted by molar-refractivity contribution is 6.05. The Hall–Kier alpha value is -3.68. The second kappa shape index (κ2) is 8.14. The van der Waals surface area contributed by atoms with Crippen molar-refractivity contribution < 1.29 is 4.79 Å². The van der Waals surface area contributed by atoms with Crippen molar-refractivity contribution in [3.05, 3.63) is 59.1 Å². The van der Waals surface area contributed by atoms with Crippen LogP contribution in [-0.4, -0.2) is 29.8 Å². The molecule has 0 saturated heterocycles. The van der Waals surface area contributed by atoms with Gasteiger partial charge in [0, 0.05) is 35.9 Å². The first-order valence-electron chi connectivity index (χ1n) is 9.16. The first kappa shape index (κ1) is 20.1. The minimum Gasteiger partial charge on any atom is -0.399 e. The minimum absolute atomic E-state index is 0.168. The Balaban J connectivity index is 1.88. The van der Waals surface area contributed by atoms with Crippen LogP contribution in [0.3, 0.4) is 0 Å². The van der Waals surface area contributed by atoms with E-state index in [1.54, 1.807) is 18.1 Å². The lowest BCUT2D eigenvalue weighted by molar-refractivity contribution is 0.251. The number of anilines is 4. The molecular formula is C21H25N7O. The van der Waals surface area contributed by atoms with Crippen LogP contribution in [0.4, 0.5) is 27.9 Å². The van der Waals surface area contributed by atoms with Crippen LogP contribution in [0.5, 0.6) is 0 Å². The molecule has 0 fully saturated rings. The highest BCUT2D eigenvalue weighted by atomic mass is 16.2. The number of nitrogens with zero attached hydrogens (tertiary/aromatic N) is 5. The topological polar surface area (TPSA) is 99.7 Å². The predicted molar refractivity (Wildman–Crippen MR) is 118 cm³/mol. The molecule has 8 heteroatoms. The third-order valence-electron chi connectivity index (χ3n) is 4.66. The van der Waals surface area contributed by atoms with Gasteiger partial charge in [0.25, 0.3) is 0 Å². The monoisotopic (exact) mass is 391 g/mol. The molecule has 0 bridgehead atoms. The Bertz CT molecular complexity index is 1030. The maximum atomic E-state index is 13.0. The summed E-state index contributed by atoms with van der Waals surface area (Å²) < 4.78 is 0. The lowest BCUT2D eigenvalue weighted by Gasteiger charge is -2.34. The number of benzene rings is 1. The van der Waals surface area contributed by atoms with E-state index in [4.69, 9.17) is 5.73 Å². The Morgan fingerprint density at radius 1 is 1.34 bits per heavy atom. The number of carbonyl (C=O) groups excluding carboxylic acids is 1. The van der Waals surface area contributed by atoms with Crippen molar-refractivity contribution >= 4 is 35.9 Å². The fourth-order valence-electron chi connectivity index (χ4n) is 2.99. The van der Waals surface area contributed by atoms with Gasteiger partial charge in [-0.15, -0.1) is 0 Å². The Morgan fingerprint density at radius 3 is 2.83 bits per heavy atom. The Kier molecular flexibility index (Phi) is 5.63. The van der Waals surface area contributed by atoms with Gasteiger partial charge < -0.3 is 11.1 Å². The van der Waals surface area contributed by atoms with Gasteiger partial charge in [-0.2, -0.15) is 4.98 Å². The quantitative estimate of drug-likeness (QED) is 0.458. The van der Waals surface area contributed by atoms with Gasteiger partial charge in [0.1, 0.15) is 5.82 Å². The molecular weight excluding hydrogens is 366 g/mol. The van der Waals surface area contributed by atoms with Gasteiger partial charge >= 0.3 is 6.03 Å². The third-order valence-corrected chi connectivity index (χ3v) is 4.66. The van der Waals surface area contributed by atoms with Gasteiger partial charge in [0.05, 0.1) is 12.2 Å². The zero-order chi connectivity index (χ0) is 21.1. The van der Waals surface area contributed by atoms with Gasteiger partial charge in [0.2, 0.25) is 5.95 Å². The third kappa shape index (κ3) is 4.26. The lowest BCUT2D eigenvalue weighted by Crippen LogP contribution is -2.46. The van der Waals surface area contributed by atoms with Crippen LogP contribution in [0.1, 0.15) is 25.0 Å². The Labute approximate surface area is 170 Å². The number of aromatic nitrogens is 2. The first-order valence-corrected chi connectivity index (χ1v) is 9.16. The van der Waals surface area contributed by atoms with E-state index in [-0.39, 0.29) is 6.03 Å².